The van der Waals surface area contributed by atoms with E-state index in [0.29, 0.717) is 42.8 Å². The average Bonchev–Trinajstić information content (AvgIpc) is 2.67. The van der Waals surface area contributed by atoms with E-state index in [-0.39, 0.29) is 5.91 Å². The van der Waals surface area contributed by atoms with Crippen LogP contribution in [0.5, 0.6) is 17.2 Å². The highest BCUT2D eigenvalue weighted by Crippen LogP contribution is 2.29. The van der Waals surface area contributed by atoms with Gasteiger partial charge in [0.1, 0.15) is 5.75 Å². The smallest absolute Gasteiger partial charge is 0.248 e. The number of ether oxygens (including phenoxy) is 3. The molecule has 0 radical (unpaired) electrons. The molecule has 0 saturated carbocycles. The molecule has 0 fully saturated rings. The maximum Gasteiger partial charge on any atom is 0.248 e. The molecule has 0 aliphatic heterocycles. The van der Waals surface area contributed by atoms with Crippen molar-refractivity contribution >= 4 is 17.7 Å². The van der Waals surface area contributed by atoms with Crippen LogP contribution in [-0.2, 0) is 4.79 Å². The monoisotopic (exact) mass is 369 g/mol. The van der Waals surface area contributed by atoms with Gasteiger partial charge in [-0.1, -0.05) is 25.1 Å². The Hall–Kier alpha value is -2.95. The highest BCUT2D eigenvalue weighted by atomic mass is 16.5. The fourth-order valence-corrected chi connectivity index (χ4v) is 2.43. The average molecular weight is 369 g/mol. The summed E-state index contributed by atoms with van der Waals surface area (Å²) in [5.74, 6) is 1.81. The third-order valence-corrected chi connectivity index (χ3v) is 3.60. The Bertz CT molecular complexity index is 771. The molecule has 1 amide bonds. The molecule has 1 N–H and O–H groups in total. The van der Waals surface area contributed by atoms with Crippen molar-refractivity contribution < 1.29 is 19.0 Å². The van der Waals surface area contributed by atoms with Crippen LogP contribution in [0.3, 0.4) is 0 Å². The number of hydrogen-bond acceptors (Lipinski definition) is 4. The lowest BCUT2D eigenvalue weighted by Crippen LogP contribution is -2.09. The number of rotatable bonds is 10. The molecule has 0 heterocycles. The van der Waals surface area contributed by atoms with E-state index in [2.05, 4.69) is 12.2 Å². The van der Waals surface area contributed by atoms with Crippen molar-refractivity contribution in [1.82, 2.24) is 0 Å². The van der Waals surface area contributed by atoms with Crippen LogP contribution in [0.2, 0.25) is 0 Å². The second kappa shape index (κ2) is 10.9. The second-order valence-corrected chi connectivity index (χ2v) is 5.74. The van der Waals surface area contributed by atoms with Crippen molar-refractivity contribution in [1.29, 1.82) is 0 Å². The fourth-order valence-electron chi connectivity index (χ4n) is 2.43. The van der Waals surface area contributed by atoms with Gasteiger partial charge >= 0.3 is 0 Å². The molecule has 27 heavy (non-hydrogen) atoms. The van der Waals surface area contributed by atoms with Crippen molar-refractivity contribution in [2.75, 3.05) is 25.1 Å². The van der Waals surface area contributed by atoms with Gasteiger partial charge in [0, 0.05) is 6.08 Å². The van der Waals surface area contributed by atoms with Crippen LogP contribution < -0.4 is 19.5 Å². The van der Waals surface area contributed by atoms with Crippen LogP contribution in [0.1, 0.15) is 32.8 Å². The standard InChI is InChI=1S/C22H27NO4/c1-4-15-27-20-13-11-17(16-21(20)26-6-3)12-14-22(24)23-18-9-7-8-10-19(18)25-5-2/h7-14,16H,4-6,15H2,1-3H3,(H,23,24)/b14-12+. The molecule has 0 atom stereocenters. The van der Waals surface area contributed by atoms with E-state index in [0.717, 1.165) is 12.0 Å². The number of nitrogens with one attached hydrogen (secondary N) is 1. The lowest BCUT2D eigenvalue weighted by atomic mass is 10.2. The normalized spacial score (nSPS) is 10.6. The van der Waals surface area contributed by atoms with Crippen molar-refractivity contribution in [2.45, 2.75) is 27.2 Å². The minimum atomic E-state index is -0.230. The Morgan fingerprint density at radius 1 is 0.926 bits per heavy atom. The number of carbonyl (C=O) groups excluding carboxylic acids is 1. The Kier molecular flexibility index (Phi) is 8.23. The van der Waals surface area contributed by atoms with Gasteiger partial charge in [-0.2, -0.15) is 0 Å². The summed E-state index contributed by atoms with van der Waals surface area (Å²) in [6.45, 7) is 7.61. The first-order chi connectivity index (χ1) is 13.2. The fraction of sp³-hybridized carbons (Fsp3) is 0.318. The highest BCUT2D eigenvalue weighted by Gasteiger charge is 2.07. The first-order valence-electron chi connectivity index (χ1n) is 9.28. The predicted molar refractivity (Wildman–Crippen MR) is 109 cm³/mol. The predicted octanol–water partition coefficient (Wildman–Crippen LogP) is 4.92. The van der Waals surface area contributed by atoms with E-state index in [1.165, 1.54) is 6.08 Å². The van der Waals surface area contributed by atoms with Crippen molar-refractivity contribution in [2.24, 2.45) is 0 Å². The van der Waals surface area contributed by atoms with Gasteiger partial charge in [0.15, 0.2) is 11.5 Å². The zero-order valence-corrected chi connectivity index (χ0v) is 16.2. The topological polar surface area (TPSA) is 56.8 Å². The first-order valence-corrected chi connectivity index (χ1v) is 9.28. The molecule has 2 rings (SSSR count). The number of anilines is 1. The second-order valence-electron chi connectivity index (χ2n) is 5.74. The van der Waals surface area contributed by atoms with Crippen LogP contribution in [0.15, 0.2) is 48.5 Å². The molecule has 144 valence electrons. The molecule has 2 aromatic carbocycles. The Morgan fingerprint density at radius 2 is 1.67 bits per heavy atom. The number of benzene rings is 2. The molecule has 0 aliphatic carbocycles. The lowest BCUT2D eigenvalue weighted by molar-refractivity contribution is -0.111. The van der Waals surface area contributed by atoms with E-state index in [1.807, 2.05) is 56.3 Å². The summed E-state index contributed by atoms with van der Waals surface area (Å²) >= 11 is 0. The summed E-state index contributed by atoms with van der Waals surface area (Å²) in [5.41, 5.74) is 1.50. The first kappa shape index (κ1) is 20.4. The van der Waals surface area contributed by atoms with Gasteiger partial charge in [-0.15, -0.1) is 0 Å². The quantitative estimate of drug-likeness (QED) is 0.604. The van der Waals surface area contributed by atoms with Crippen molar-refractivity contribution in [3.8, 4) is 17.2 Å². The van der Waals surface area contributed by atoms with E-state index in [9.17, 15) is 4.79 Å². The van der Waals surface area contributed by atoms with Gasteiger partial charge in [0.25, 0.3) is 0 Å². The lowest BCUT2D eigenvalue weighted by Gasteiger charge is -2.12. The number of para-hydroxylation sites is 2. The van der Waals surface area contributed by atoms with E-state index in [4.69, 9.17) is 14.2 Å². The van der Waals surface area contributed by atoms with Gasteiger partial charge in [0.05, 0.1) is 25.5 Å². The van der Waals surface area contributed by atoms with E-state index >= 15 is 0 Å². The molecule has 5 heteroatoms. The van der Waals surface area contributed by atoms with E-state index < -0.39 is 0 Å². The molecular formula is C22H27NO4. The molecule has 0 unspecified atom stereocenters. The molecule has 0 bridgehead atoms. The molecular weight excluding hydrogens is 342 g/mol. The summed E-state index contributed by atoms with van der Waals surface area (Å²) in [6, 6.07) is 13.0. The summed E-state index contributed by atoms with van der Waals surface area (Å²) in [7, 11) is 0. The van der Waals surface area contributed by atoms with E-state index in [1.54, 1.807) is 6.08 Å². The zero-order valence-electron chi connectivity index (χ0n) is 16.2. The van der Waals surface area contributed by atoms with Crippen LogP contribution in [-0.4, -0.2) is 25.7 Å². The van der Waals surface area contributed by atoms with Crippen LogP contribution in [0.25, 0.3) is 6.08 Å². The molecule has 0 saturated heterocycles. The maximum atomic E-state index is 12.3. The van der Waals surface area contributed by atoms with Crippen LogP contribution in [0.4, 0.5) is 5.69 Å². The van der Waals surface area contributed by atoms with Gasteiger partial charge in [-0.25, -0.2) is 0 Å². The van der Waals surface area contributed by atoms with Gasteiger partial charge in [-0.3, -0.25) is 4.79 Å². The minimum absolute atomic E-state index is 0.230. The summed E-state index contributed by atoms with van der Waals surface area (Å²) < 4.78 is 16.9. The largest absolute Gasteiger partial charge is 0.492 e. The number of amides is 1. The molecule has 0 aromatic heterocycles. The van der Waals surface area contributed by atoms with Crippen LogP contribution >= 0.6 is 0 Å². The van der Waals surface area contributed by atoms with Crippen molar-refractivity contribution in [3.63, 3.8) is 0 Å². The number of carbonyl (C=O) groups is 1. The molecule has 2 aromatic rings. The third-order valence-electron chi connectivity index (χ3n) is 3.60. The summed E-state index contributed by atoms with van der Waals surface area (Å²) in [4.78, 5) is 12.3. The minimum Gasteiger partial charge on any atom is -0.492 e. The number of hydrogen-bond donors (Lipinski definition) is 1. The summed E-state index contributed by atoms with van der Waals surface area (Å²) in [6.07, 6.45) is 4.15. The molecule has 0 spiro atoms. The Morgan fingerprint density at radius 3 is 2.41 bits per heavy atom. The van der Waals surface area contributed by atoms with Gasteiger partial charge < -0.3 is 19.5 Å². The summed E-state index contributed by atoms with van der Waals surface area (Å²) in [5, 5.41) is 2.84. The maximum absolute atomic E-state index is 12.3. The van der Waals surface area contributed by atoms with Gasteiger partial charge in [-0.05, 0) is 56.2 Å². The third kappa shape index (κ3) is 6.37. The highest BCUT2D eigenvalue weighted by molar-refractivity contribution is 6.02. The zero-order chi connectivity index (χ0) is 19.5. The van der Waals surface area contributed by atoms with Gasteiger partial charge in [0.2, 0.25) is 5.91 Å². The Labute approximate surface area is 161 Å². The molecule has 5 nitrogen and oxygen atoms in total. The SMILES string of the molecule is CCCOc1ccc(/C=C/C(=O)Nc2ccccc2OCC)cc1OCC. The van der Waals surface area contributed by atoms with Crippen molar-refractivity contribution in [3.05, 3.63) is 54.1 Å². The Balaban J connectivity index is 2.08. The van der Waals surface area contributed by atoms with Crippen LogP contribution in [0, 0.1) is 0 Å². The molecule has 0 aliphatic rings.